The third-order valence-electron chi connectivity index (χ3n) is 2.52. The summed E-state index contributed by atoms with van der Waals surface area (Å²) in [4.78, 5) is 4.03. The molecule has 0 saturated carbocycles. The summed E-state index contributed by atoms with van der Waals surface area (Å²) in [6, 6.07) is 5.22. The highest BCUT2D eigenvalue weighted by Gasteiger charge is 2.23. The smallest absolute Gasteiger partial charge is 0.259 e. The maximum Gasteiger partial charge on any atom is 0.259 e. The second-order valence-electron chi connectivity index (χ2n) is 3.88. The first-order valence-electron chi connectivity index (χ1n) is 5.67. The highest BCUT2D eigenvalue weighted by atomic mass is 35.5. The Kier molecular flexibility index (Phi) is 4.72. The standard InChI is InChI=1S/C11H14ClN3O2S2/c1-18-8-4-6-13-19(16,17)11-10(12)14-9-5-2-3-7-15(9)11/h2-3,5,7,13H,4,6,8H2,1H3. The Morgan fingerprint density at radius 2 is 2.26 bits per heavy atom. The van der Waals surface area contributed by atoms with E-state index in [-0.39, 0.29) is 10.2 Å². The van der Waals surface area contributed by atoms with E-state index < -0.39 is 10.0 Å². The normalized spacial score (nSPS) is 12.1. The first-order valence-corrected chi connectivity index (χ1v) is 8.93. The molecule has 0 aliphatic rings. The number of thioether (sulfide) groups is 1. The quantitative estimate of drug-likeness (QED) is 0.827. The van der Waals surface area contributed by atoms with Gasteiger partial charge in [-0.3, -0.25) is 4.40 Å². The number of imidazole rings is 1. The summed E-state index contributed by atoms with van der Waals surface area (Å²) < 4.78 is 28.5. The molecule has 19 heavy (non-hydrogen) atoms. The van der Waals surface area contributed by atoms with Gasteiger partial charge in [0.2, 0.25) is 0 Å². The van der Waals surface area contributed by atoms with Crippen LogP contribution in [0.25, 0.3) is 5.65 Å². The Hall–Kier alpha value is -0.760. The minimum absolute atomic E-state index is 0.00563. The molecule has 1 N–H and O–H groups in total. The van der Waals surface area contributed by atoms with Crippen LogP contribution in [-0.4, -0.2) is 36.4 Å². The molecule has 5 nitrogen and oxygen atoms in total. The molecule has 0 fully saturated rings. The monoisotopic (exact) mass is 319 g/mol. The van der Waals surface area contributed by atoms with Crippen molar-refractivity contribution in [3.05, 3.63) is 29.5 Å². The van der Waals surface area contributed by atoms with Crippen molar-refractivity contribution in [3.63, 3.8) is 0 Å². The van der Waals surface area contributed by atoms with Crippen LogP contribution in [0.4, 0.5) is 0 Å². The van der Waals surface area contributed by atoms with E-state index in [0.717, 1.165) is 12.2 Å². The zero-order valence-corrected chi connectivity index (χ0v) is 12.7. The molecule has 2 heterocycles. The van der Waals surface area contributed by atoms with Crippen molar-refractivity contribution < 1.29 is 8.42 Å². The highest BCUT2D eigenvalue weighted by molar-refractivity contribution is 7.98. The Morgan fingerprint density at radius 1 is 1.47 bits per heavy atom. The van der Waals surface area contributed by atoms with E-state index in [1.807, 2.05) is 6.26 Å². The van der Waals surface area contributed by atoms with Crippen LogP contribution in [0.2, 0.25) is 5.15 Å². The predicted molar refractivity (Wildman–Crippen MR) is 78.4 cm³/mol. The molecule has 0 spiro atoms. The van der Waals surface area contributed by atoms with Gasteiger partial charge >= 0.3 is 0 Å². The maximum absolute atomic E-state index is 12.2. The van der Waals surface area contributed by atoms with E-state index in [2.05, 4.69) is 9.71 Å². The topological polar surface area (TPSA) is 63.5 Å². The summed E-state index contributed by atoms with van der Waals surface area (Å²) in [6.45, 7) is 0.388. The van der Waals surface area contributed by atoms with Crippen LogP contribution in [0, 0.1) is 0 Å². The predicted octanol–water partition coefficient (Wildman–Crippen LogP) is 2.02. The Morgan fingerprint density at radius 3 is 3.00 bits per heavy atom. The van der Waals surface area contributed by atoms with Gasteiger partial charge in [-0.2, -0.15) is 11.8 Å². The average molecular weight is 320 g/mol. The van der Waals surface area contributed by atoms with Crippen LogP contribution >= 0.6 is 23.4 Å². The number of halogens is 1. The number of sulfonamides is 1. The van der Waals surface area contributed by atoms with Crippen LogP contribution in [0.1, 0.15) is 6.42 Å². The molecule has 104 valence electrons. The lowest BCUT2D eigenvalue weighted by Crippen LogP contribution is -2.26. The summed E-state index contributed by atoms with van der Waals surface area (Å²) in [5, 5.41) is -0.0162. The zero-order chi connectivity index (χ0) is 13.9. The molecule has 2 aromatic heterocycles. The minimum Gasteiger partial charge on any atom is -0.288 e. The van der Waals surface area contributed by atoms with Gasteiger partial charge in [-0.1, -0.05) is 17.7 Å². The van der Waals surface area contributed by atoms with Gasteiger partial charge in [0.05, 0.1) is 0 Å². The van der Waals surface area contributed by atoms with Crippen molar-refractivity contribution >= 4 is 39.0 Å². The van der Waals surface area contributed by atoms with E-state index in [4.69, 9.17) is 11.6 Å². The highest BCUT2D eigenvalue weighted by Crippen LogP contribution is 2.22. The number of nitrogens with zero attached hydrogens (tertiary/aromatic N) is 2. The zero-order valence-electron chi connectivity index (χ0n) is 10.3. The molecule has 0 saturated heterocycles. The molecule has 0 atom stereocenters. The van der Waals surface area contributed by atoms with Crippen LogP contribution in [-0.2, 0) is 10.0 Å². The summed E-state index contributed by atoms with van der Waals surface area (Å²) in [5.41, 5.74) is 0.511. The lowest BCUT2D eigenvalue weighted by Gasteiger charge is -2.06. The molecule has 0 aromatic carbocycles. The van der Waals surface area contributed by atoms with E-state index >= 15 is 0 Å². The van der Waals surface area contributed by atoms with E-state index in [1.165, 1.54) is 4.40 Å². The molecular formula is C11H14ClN3O2S2. The lowest BCUT2D eigenvalue weighted by atomic mass is 10.5. The van der Waals surface area contributed by atoms with Crippen LogP contribution < -0.4 is 4.72 Å². The van der Waals surface area contributed by atoms with Crippen LogP contribution in [0.15, 0.2) is 29.4 Å². The SMILES string of the molecule is CSCCCNS(=O)(=O)c1c(Cl)nc2ccccn12. The average Bonchev–Trinajstić information content (AvgIpc) is 2.71. The number of hydrogen-bond acceptors (Lipinski definition) is 4. The van der Waals surface area contributed by atoms with Gasteiger partial charge in [-0.05, 0) is 30.6 Å². The Bertz CT molecular complexity index is 670. The second-order valence-corrected chi connectivity index (χ2v) is 6.91. The fraction of sp³-hybridized carbons (Fsp3) is 0.364. The molecule has 8 heteroatoms. The minimum atomic E-state index is -3.65. The van der Waals surface area contributed by atoms with Crippen molar-refractivity contribution in [2.24, 2.45) is 0 Å². The number of nitrogens with one attached hydrogen (secondary N) is 1. The van der Waals surface area contributed by atoms with Crippen LogP contribution in [0.5, 0.6) is 0 Å². The van der Waals surface area contributed by atoms with Crippen molar-refractivity contribution in [2.45, 2.75) is 11.4 Å². The number of rotatable bonds is 6. The fourth-order valence-corrected chi connectivity index (χ4v) is 3.82. The third-order valence-corrected chi connectivity index (χ3v) is 5.07. The van der Waals surface area contributed by atoms with E-state index in [1.54, 1.807) is 36.2 Å². The number of aromatic nitrogens is 2. The molecule has 0 amide bonds. The van der Waals surface area contributed by atoms with Crippen molar-refractivity contribution in [1.29, 1.82) is 0 Å². The Balaban J connectivity index is 2.30. The second kappa shape index (κ2) is 6.13. The van der Waals surface area contributed by atoms with Crippen LogP contribution in [0.3, 0.4) is 0 Å². The number of hydrogen-bond donors (Lipinski definition) is 1. The molecule has 0 aliphatic carbocycles. The van der Waals surface area contributed by atoms with Gasteiger partial charge in [0, 0.05) is 12.7 Å². The van der Waals surface area contributed by atoms with Crippen molar-refractivity contribution in [3.8, 4) is 0 Å². The summed E-state index contributed by atoms with van der Waals surface area (Å²) >= 11 is 7.61. The van der Waals surface area contributed by atoms with Gasteiger partial charge in [0.15, 0.2) is 10.2 Å². The molecule has 2 rings (SSSR count). The van der Waals surface area contributed by atoms with Crippen molar-refractivity contribution in [1.82, 2.24) is 14.1 Å². The third kappa shape index (κ3) is 3.22. The summed E-state index contributed by atoms with van der Waals surface area (Å²) in [6.07, 6.45) is 4.38. The van der Waals surface area contributed by atoms with Crippen molar-refractivity contribution in [2.75, 3.05) is 18.6 Å². The number of fused-ring (bicyclic) bond motifs is 1. The van der Waals surface area contributed by atoms with Gasteiger partial charge in [0.1, 0.15) is 5.65 Å². The van der Waals surface area contributed by atoms with Gasteiger partial charge in [-0.25, -0.2) is 18.1 Å². The summed E-state index contributed by atoms with van der Waals surface area (Å²) in [7, 11) is -3.65. The fourth-order valence-electron chi connectivity index (χ4n) is 1.68. The molecule has 0 aliphatic heterocycles. The van der Waals surface area contributed by atoms with E-state index in [9.17, 15) is 8.42 Å². The molecule has 0 bridgehead atoms. The summed E-state index contributed by atoms with van der Waals surface area (Å²) in [5.74, 6) is 0.906. The Labute approximate surface area is 121 Å². The largest absolute Gasteiger partial charge is 0.288 e. The molecule has 0 unspecified atom stereocenters. The number of pyridine rings is 1. The van der Waals surface area contributed by atoms with Gasteiger partial charge in [0.25, 0.3) is 10.0 Å². The van der Waals surface area contributed by atoms with Gasteiger partial charge < -0.3 is 0 Å². The first kappa shape index (κ1) is 14.6. The van der Waals surface area contributed by atoms with Gasteiger partial charge in [-0.15, -0.1) is 0 Å². The molecular weight excluding hydrogens is 306 g/mol. The molecule has 0 radical (unpaired) electrons. The molecule has 2 aromatic rings. The van der Waals surface area contributed by atoms with E-state index in [0.29, 0.717) is 12.2 Å². The maximum atomic E-state index is 12.2. The lowest BCUT2D eigenvalue weighted by molar-refractivity contribution is 0.576. The first-order chi connectivity index (χ1) is 9.06.